The minimum atomic E-state index is -2.97. The van der Waals surface area contributed by atoms with Crippen molar-refractivity contribution in [3.05, 3.63) is 35.4 Å². The van der Waals surface area contributed by atoms with Gasteiger partial charge in [0.05, 0.1) is 18.1 Å². The molecular weight excluding hydrogens is 336 g/mol. The number of sulfone groups is 1. The number of rotatable bonds is 5. The maximum Gasteiger partial charge on any atom is 0.236 e. The largest absolute Gasteiger partial charge is 0.341 e. The molecule has 1 amide bonds. The van der Waals surface area contributed by atoms with Crippen LogP contribution in [0.25, 0.3) is 0 Å². The molecule has 1 heterocycles. The molecule has 1 fully saturated rings. The van der Waals surface area contributed by atoms with E-state index in [1.807, 2.05) is 11.9 Å². The summed E-state index contributed by atoms with van der Waals surface area (Å²) >= 11 is 0. The molecule has 0 bridgehead atoms. The van der Waals surface area contributed by atoms with Crippen molar-refractivity contribution < 1.29 is 13.2 Å². The third kappa shape index (κ3) is 5.54. The highest BCUT2D eigenvalue weighted by atomic mass is 32.2. The van der Waals surface area contributed by atoms with Crippen molar-refractivity contribution in [1.82, 2.24) is 9.80 Å². The van der Waals surface area contributed by atoms with E-state index in [4.69, 9.17) is 0 Å². The second-order valence-corrected chi connectivity index (χ2v) is 10.4. The number of likely N-dealkylation sites (N-methyl/N-ethyl adjacent to an activating group) is 2. The number of hydrogen-bond acceptors (Lipinski definition) is 4. The highest BCUT2D eigenvalue weighted by molar-refractivity contribution is 7.91. The van der Waals surface area contributed by atoms with Crippen LogP contribution in [0.5, 0.6) is 0 Å². The summed E-state index contributed by atoms with van der Waals surface area (Å²) in [5, 5.41) is 0. The van der Waals surface area contributed by atoms with Gasteiger partial charge in [-0.15, -0.1) is 0 Å². The van der Waals surface area contributed by atoms with Gasteiger partial charge in [0.2, 0.25) is 5.91 Å². The fraction of sp³-hybridized carbons (Fsp3) is 0.632. The lowest BCUT2D eigenvalue weighted by Gasteiger charge is -2.26. The van der Waals surface area contributed by atoms with E-state index in [0.717, 1.165) is 5.56 Å². The first-order chi connectivity index (χ1) is 11.5. The standard InChI is InChI=1S/C19H30N2O3S/c1-19(2,3)16-8-6-15(7-9-16)12-20(4)13-18(22)21(5)17-10-11-25(23,24)14-17/h6-9,17H,10-14H2,1-5H3. The Bertz CT molecular complexity index is 705. The predicted octanol–water partition coefficient (Wildman–Crippen LogP) is 2.06. The van der Waals surface area contributed by atoms with E-state index >= 15 is 0 Å². The van der Waals surface area contributed by atoms with Crippen molar-refractivity contribution in [2.24, 2.45) is 0 Å². The lowest BCUT2D eigenvalue weighted by molar-refractivity contribution is -0.132. The van der Waals surface area contributed by atoms with Crippen LogP contribution in [0.4, 0.5) is 0 Å². The minimum absolute atomic E-state index is 0.0316. The van der Waals surface area contributed by atoms with Crippen LogP contribution >= 0.6 is 0 Å². The summed E-state index contributed by atoms with van der Waals surface area (Å²) < 4.78 is 23.2. The van der Waals surface area contributed by atoms with Gasteiger partial charge in [-0.25, -0.2) is 8.42 Å². The summed E-state index contributed by atoms with van der Waals surface area (Å²) in [6, 6.07) is 8.31. The van der Waals surface area contributed by atoms with Gasteiger partial charge in [0.15, 0.2) is 9.84 Å². The van der Waals surface area contributed by atoms with E-state index < -0.39 is 9.84 Å². The quantitative estimate of drug-likeness (QED) is 0.800. The van der Waals surface area contributed by atoms with Gasteiger partial charge in [-0.2, -0.15) is 0 Å². The summed E-state index contributed by atoms with van der Waals surface area (Å²) in [4.78, 5) is 16.0. The van der Waals surface area contributed by atoms with E-state index in [2.05, 4.69) is 45.0 Å². The molecule has 1 atom stereocenters. The Morgan fingerprint density at radius 3 is 2.24 bits per heavy atom. The van der Waals surface area contributed by atoms with Gasteiger partial charge in [0.1, 0.15) is 0 Å². The first kappa shape index (κ1) is 19.9. The van der Waals surface area contributed by atoms with Gasteiger partial charge in [0.25, 0.3) is 0 Å². The second kappa shape index (κ2) is 7.46. The fourth-order valence-electron chi connectivity index (χ4n) is 3.10. The highest BCUT2D eigenvalue weighted by Crippen LogP contribution is 2.22. The molecule has 0 spiro atoms. The molecule has 0 aromatic heterocycles. The summed E-state index contributed by atoms with van der Waals surface area (Å²) in [7, 11) is 0.645. The molecule has 2 rings (SSSR count). The number of carbonyl (C=O) groups excluding carboxylic acids is 1. The van der Waals surface area contributed by atoms with Crippen molar-refractivity contribution in [1.29, 1.82) is 0 Å². The summed E-state index contributed by atoms with van der Waals surface area (Å²) in [5.74, 6) is 0.245. The smallest absolute Gasteiger partial charge is 0.236 e. The molecule has 0 N–H and O–H groups in total. The van der Waals surface area contributed by atoms with Crippen molar-refractivity contribution in [3.63, 3.8) is 0 Å². The lowest BCUT2D eigenvalue weighted by atomic mass is 9.87. The number of amides is 1. The fourth-order valence-corrected chi connectivity index (χ4v) is 4.88. The molecule has 1 aliphatic heterocycles. The Morgan fingerprint density at radius 1 is 1.16 bits per heavy atom. The van der Waals surface area contributed by atoms with Crippen molar-refractivity contribution in [2.75, 3.05) is 32.1 Å². The maximum absolute atomic E-state index is 12.4. The van der Waals surface area contributed by atoms with E-state index in [1.54, 1.807) is 11.9 Å². The van der Waals surface area contributed by atoms with Gasteiger partial charge >= 0.3 is 0 Å². The van der Waals surface area contributed by atoms with Crippen LogP contribution in [0, 0.1) is 0 Å². The summed E-state index contributed by atoms with van der Waals surface area (Å²) in [6.07, 6.45) is 0.544. The molecule has 6 heteroatoms. The van der Waals surface area contributed by atoms with Crippen molar-refractivity contribution in [2.45, 2.75) is 45.2 Å². The Hall–Kier alpha value is -1.40. The highest BCUT2D eigenvalue weighted by Gasteiger charge is 2.32. The molecule has 140 valence electrons. The number of carbonyl (C=O) groups is 1. The molecular formula is C19H30N2O3S. The third-order valence-electron chi connectivity index (χ3n) is 4.83. The maximum atomic E-state index is 12.4. The SMILES string of the molecule is CN(CC(=O)N(C)C1CCS(=O)(=O)C1)Cc1ccc(C(C)(C)C)cc1. The zero-order chi connectivity index (χ0) is 18.8. The molecule has 0 radical (unpaired) electrons. The van der Waals surface area contributed by atoms with Crippen LogP contribution in [0.1, 0.15) is 38.3 Å². The van der Waals surface area contributed by atoms with Crippen LogP contribution < -0.4 is 0 Å². The van der Waals surface area contributed by atoms with E-state index in [-0.39, 0.29) is 35.4 Å². The predicted molar refractivity (Wildman–Crippen MR) is 101 cm³/mol. The van der Waals surface area contributed by atoms with E-state index in [0.29, 0.717) is 13.0 Å². The van der Waals surface area contributed by atoms with E-state index in [1.165, 1.54) is 5.56 Å². The Morgan fingerprint density at radius 2 is 1.76 bits per heavy atom. The zero-order valence-corrected chi connectivity index (χ0v) is 16.8. The van der Waals surface area contributed by atoms with Crippen LogP contribution in [-0.2, 0) is 26.6 Å². The van der Waals surface area contributed by atoms with Crippen molar-refractivity contribution >= 4 is 15.7 Å². The zero-order valence-electron chi connectivity index (χ0n) is 15.9. The van der Waals surface area contributed by atoms with Crippen LogP contribution in [-0.4, -0.2) is 62.3 Å². The Balaban J connectivity index is 1.89. The number of hydrogen-bond donors (Lipinski definition) is 0. The van der Waals surface area contributed by atoms with Gasteiger partial charge in [-0.1, -0.05) is 45.0 Å². The molecule has 0 aliphatic carbocycles. The molecule has 5 nitrogen and oxygen atoms in total. The Kier molecular flexibility index (Phi) is 5.94. The monoisotopic (exact) mass is 366 g/mol. The number of nitrogens with zero attached hydrogens (tertiary/aromatic N) is 2. The normalized spacial score (nSPS) is 20.0. The van der Waals surface area contributed by atoms with Gasteiger partial charge in [0, 0.05) is 19.6 Å². The molecule has 25 heavy (non-hydrogen) atoms. The van der Waals surface area contributed by atoms with Crippen molar-refractivity contribution in [3.8, 4) is 0 Å². The van der Waals surface area contributed by atoms with Crippen LogP contribution in [0.3, 0.4) is 0 Å². The summed E-state index contributed by atoms with van der Waals surface area (Å²) in [5.41, 5.74) is 2.58. The third-order valence-corrected chi connectivity index (χ3v) is 6.58. The number of benzene rings is 1. The van der Waals surface area contributed by atoms with Crippen LogP contribution in [0.2, 0.25) is 0 Å². The van der Waals surface area contributed by atoms with E-state index in [9.17, 15) is 13.2 Å². The molecule has 1 aromatic rings. The molecule has 1 unspecified atom stereocenters. The average molecular weight is 367 g/mol. The molecule has 0 saturated carbocycles. The van der Waals surface area contributed by atoms with Gasteiger partial charge in [-0.05, 0) is 30.0 Å². The minimum Gasteiger partial charge on any atom is -0.341 e. The molecule has 1 aromatic carbocycles. The summed E-state index contributed by atoms with van der Waals surface area (Å²) in [6.45, 7) is 7.53. The van der Waals surface area contributed by atoms with Gasteiger partial charge in [-0.3, -0.25) is 9.69 Å². The molecule has 1 aliphatic rings. The first-order valence-corrected chi connectivity index (χ1v) is 10.5. The van der Waals surface area contributed by atoms with Gasteiger partial charge < -0.3 is 4.90 Å². The average Bonchev–Trinajstić information content (AvgIpc) is 2.86. The van der Waals surface area contributed by atoms with Crippen LogP contribution in [0.15, 0.2) is 24.3 Å². The Labute approximate surface area is 151 Å². The first-order valence-electron chi connectivity index (χ1n) is 8.72. The second-order valence-electron chi connectivity index (χ2n) is 8.18. The lowest BCUT2D eigenvalue weighted by Crippen LogP contribution is -2.42. The molecule has 1 saturated heterocycles. The topological polar surface area (TPSA) is 57.7 Å².